The lowest BCUT2D eigenvalue weighted by molar-refractivity contribution is 0.100. The number of nitrogens with two attached hydrogens (primary N) is 2. The average Bonchev–Trinajstić information content (AvgIpc) is 2.32. The molecule has 0 saturated carbocycles. The largest absolute Gasteiger partial charge is 0.399 e. The second-order valence-corrected chi connectivity index (χ2v) is 4.78. The summed E-state index contributed by atoms with van der Waals surface area (Å²) in [5, 5.41) is 3.59. The van der Waals surface area contributed by atoms with Gasteiger partial charge in [-0.2, -0.15) is 0 Å². The molecule has 0 aliphatic heterocycles. The smallest absolute Gasteiger partial charge is 0.250 e. The molecule has 1 aromatic rings. The highest BCUT2D eigenvalue weighted by atomic mass is 35.5. The molecule has 1 atom stereocenters. The minimum atomic E-state index is -0.565. The van der Waals surface area contributed by atoms with Gasteiger partial charge in [-0.05, 0) is 18.6 Å². The average molecular weight is 286 g/mol. The highest BCUT2D eigenvalue weighted by Crippen LogP contribution is 2.30. The van der Waals surface area contributed by atoms with Gasteiger partial charge < -0.3 is 21.5 Å². The van der Waals surface area contributed by atoms with Gasteiger partial charge in [0.25, 0.3) is 5.91 Å². The van der Waals surface area contributed by atoms with Crippen molar-refractivity contribution in [3.63, 3.8) is 0 Å². The van der Waals surface area contributed by atoms with Crippen LogP contribution in [0.25, 0.3) is 0 Å². The summed E-state index contributed by atoms with van der Waals surface area (Å²) in [6, 6.07) is 3.17. The van der Waals surface area contributed by atoms with E-state index in [2.05, 4.69) is 12.2 Å². The van der Waals surface area contributed by atoms with Crippen molar-refractivity contribution < 1.29 is 9.53 Å². The number of ether oxygens (including phenoxy) is 1. The second-order valence-electron chi connectivity index (χ2n) is 4.37. The molecule has 0 fully saturated rings. The predicted molar refractivity (Wildman–Crippen MR) is 78.6 cm³/mol. The Morgan fingerprint density at radius 3 is 2.74 bits per heavy atom. The van der Waals surface area contributed by atoms with E-state index < -0.39 is 5.91 Å². The molecule has 5 N–H and O–H groups in total. The highest BCUT2D eigenvalue weighted by molar-refractivity contribution is 6.34. The van der Waals surface area contributed by atoms with Crippen LogP contribution >= 0.6 is 11.6 Å². The molecule has 0 aromatic heterocycles. The molecule has 0 aliphatic carbocycles. The van der Waals surface area contributed by atoms with Crippen LogP contribution in [0.4, 0.5) is 11.4 Å². The molecule has 106 valence electrons. The van der Waals surface area contributed by atoms with E-state index in [1.165, 1.54) is 6.07 Å². The summed E-state index contributed by atoms with van der Waals surface area (Å²) >= 11 is 6.13. The summed E-state index contributed by atoms with van der Waals surface area (Å²) < 4.78 is 5.15. The molecule has 1 rings (SSSR count). The molecule has 19 heavy (non-hydrogen) atoms. The minimum Gasteiger partial charge on any atom is -0.399 e. The van der Waals surface area contributed by atoms with Gasteiger partial charge >= 0.3 is 0 Å². The van der Waals surface area contributed by atoms with Gasteiger partial charge in [-0.3, -0.25) is 4.79 Å². The number of rotatable bonds is 7. The van der Waals surface area contributed by atoms with Gasteiger partial charge in [0.2, 0.25) is 0 Å². The number of primary amides is 1. The van der Waals surface area contributed by atoms with Gasteiger partial charge in [0, 0.05) is 18.8 Å². The quantitative estimate of drug-likeness (QED) is 0.670. The number of carbonyl (C=O) groups excluding carboxylic acids is 1. The first-order chi connectivity index (χ1) is 8.99. The van der Waals surface area contributed by atoms with Crippen molar-refractivity contribution in [2.75, 3.05) is 24.8 Å². The molecule has 0 radical (unpaired) electrons. The minimum absolute atomic E-state index is 0.0641. The number of nitrogen functional groups attached to an aromatic ring is 1. The zero-order valence-electron chi connectivity index (χ0n) is 11.2. The highest BCUT2D eigenvalue weighted by Gasteiger charge is 2.16. The molecule has 5 nitrogen and oxygen atoms in total. The van der Waals surface area contributed by atoms with Gasteiger partial charge in [-0.25, -0.2) is 0 Å². The first kappa shape index (κ1) is 15.6. The van der Waals surface area contributed by atoms with E-state index in [0.29, 0.717) is 28.6 Å². The van der Waals surface area contributed by atoms with Crippen molar-refractivity contribution in [1.82, 2.24) is 0 Å². The Kier molecular flexibility index (Phi) is 5.92. The first-order valence-electron chi connectivity index (χ1n) is 6.13. The fourth-order valence-corrected chi connectivity index (χ4v) is 2.20. The lowest BCUT2D eigenvalue weighted by Gasteiger charge is -2.21. The number of hydrogen-bond donors (Lipinski definition) is 3. The summed E-state index contributed by atoms with van der Waals surface area (Å²) in [6.45, 7) is 2.59. The molecule has 0 spiro atoms. The SMILES string of the molecule is CCCC(COC)Nc1c(Cl)cc(N)cc1C(N)=O. The predicted octanol–water partition coefficient (Wildman–Crippen LogP) is 2.25. The van der Waals surface area contributed by atoms with E-state index >= 15 is 0 Å². The lowest BCUT2D eigenvalue weighted by Crippen LogP contribution is -2.27. The Labute approximate surface area is 118 Å². The van der Waals surface area contributed by atoms with Crippen LogP contribution in [0.5, 0.6) is 0 Å². The standard InChI is InChI=1S/C13H20ClN3O2/c1-3-4-9(7-19-2)17-12-10(13(16)18)5-8(15)6-11(12)14/h5-6,9,17H,3-4,7,15H2,1-2H3,(H2,16,18). The van der Waals surface area contributed by atoms with Crippen LogP contribution in [0.15, 0.2) is 12.1 Å². The van der Waals surface area contributed by atoms with Crippen molar-refractivity contribution in [1.29, 1.82) is 0 Å². The van der Waals surface area contributed by atoms with Crippen LogP contribution in [0.2, 0.25) is 5.02 Å². The topological polar surface area (TPSA) is 90.4 Å². The summed E-state index contributed by atoms with van der Waals surface area (Å²) in [7, 11) is 1.63. The van der Waals surface area contributed by atoms with E-state index in [1.54, 1.807) is 13.2 Å². The number of halogens is 1. The molecular formula is C13H20ClN3O2. The molecule has 0 heterocycles. The Balaban J connectivity index is 3.07. The third-order valence-electron chi connectivity index (χ3n) is 2.73. The number of anilines is 2. The zero-order valence-corrected chi connectivity index (χ0v) is 12.0. The molecule has 0 aliphatic rings. The van der Waals surface area contributed by atoms with Crippen LogP contribution in [0, 0.1) is 0 Å². The third-order valence-corrected chi connectivity index (χ3v) is 3.03. The van der Waals surface area contributed by atoms with Gasteiger partial charge in [0.1, 0.15) is 0 Å². The van der Waals surface area contributed by atoms with Crippen LogP contribution in [-0.2, 0) is 4.74 Å². The van der Waals surface area contributed by atoms with Crippen molar-refractivity contribution in [3.05, 3.63) is 22.7 Å². The number of benzene rings is 1. The molecule has 1 amide bonds. The maximum atomic E-state index is 11.5. The number of methoxy groups -OCH3 is 1. The van der Waals surface area contributed by atoms with Crippen LogP contribution in [-0.4, -0.2) is 25.7 Å². The summed E-state index contributed by atoms with van der Waals surface area (Å²) in [5.74, 6) is -0.565. The monoisotopic (exact) mass is 285 g/mol. The fraction of sp³-hybridized carbons (Fsp3) is 0.462. The zero-order chi connectivity index (χ0) is 14.4. The van der Waals surface area contributed by atoms with Gasteiger partial charge in [0.15, 0.2) is 0 Å². The number of amides is 1. The molecule has 0 saturated heterocycles. The molecule has 0 bridgehead atoms. The van der Waals surface area contributed by atoms with E-state index in [4.69, 9.17) is 27.8 Å². The second kappa shape index (κ2) is 7.21. The summed E-state index contributed by atoms with van der Waals surface area (Å²) in [6.07, 6.45) is 1.88. The maximum absolute atomic E-state index is 11.5. The normalized spacial score (nSPS) is 12.2. The van der Waals surface area contributed by atoms with Crippen molar-refractivity contribution in [2.45, 2.75) is 25.8 Å². The molecule has 1 unspecified atom stereocenters. The molecule has 1 aromatic carbocycles. The van der Waals surface area contributed by atoms with Crippen LogP contribution < -0.4 is 16.8 Å². The number of hydrogen-bond acceptors (Lipinski definition) is 4. The van der Waals surface area contributed by atoms with E-state index in [9.17, 15) is 4.79 Å². The van der Waals surface area contributed by atoms with E-state index in [-0.39, 0.29) is 6.04 Å². The number of carbonyl (C=O) groups is 1. The molecule has 6 heteroatoms. The Morgan fingerprint density at radius 2 is 2.21 bits per heavy atom. The fourth-order valence-electron chi connectivity index (χ4n) is 1.92. The summed E-state index contributed by atoms with van der Waals surface area (Å²) in [5.41, 5.74) is 12.2. The maximum Gasteiger partial charge on any atom is 0.250 e. The third kappa shape index (κ3) is 4.29. The van der Waals surface area contributed by atoms with Gasteiger partial charge in [-0.1, -0.05) is 24.9 Å². The Morgan fingerprint density at radius 1 is 1.53 bits per heavy atom. The molecular weight excluding hydrogens is 266 g/mol. The van der Waals surface area contributed by atoms with Gasteiger partial charge in [0.05, 0.1) is 22.9 Å². The first-order valence-corrected chi connectivity index (χ1v) is 6.51. The van der Waals surface area contributed by atoms with Crippen molar-refractivity contribution in [3.8, 4) is 0 Å². The Hall–Kier alpha value is -1.46. The van der Waals surface area contributed by atoms with E-state index in [0.717, 1.165) is 12.8 Å². The lowest BCUT2D eigenvalue weighted by atomic mass is 10.1. The van der Waals surface area contributed by atoms with Crippen molar-refractivity contribution >= 4 is 28.9 Å². The number of nitrogens with one attached hydrogen (secondary N) is 1. The Bertz CT molecular complexity index is 446. The van der Waals surface area contributed by atoms with Crippen LogP contribution in [0.1, 0.15) is 30.1 Å². The van der Waals surface area contributed by atoms with Crippen molar-refractivity contribution in [2.24, 2.45) is 5.73 Å². The van der Waals surface area contributed by atoms with Gasteiger partial charge in [-0.15, -0.1) is 0 Å². The van der Waals surface area contributed by atoms with E-state index in [1.807, 2.05) is 0 Å². The summed E-state index contributed by atoms with van der Waals surface area (Å²) in [4.78, 5) is 11.5. The van der Waals surface area contributed by atoms with Crippen LogP contribution in [0.3, 0.4) is 0 Å².